The minimum Gasteiger partial charge on any atom is -0.390 e. The first-order valence-electron chi connectivity index (χ1n) is 6.99. The molecule has 0 bridgehead atoms. The summed E-state index contributed by atoms with van der Waals surface area (Å²) in [4.78, 5) is 7.60. The van der Waals surface area contributed by atoms with Crippen LogP contribution in [0.1, 0.15) is 21.9 Å². The van der Waals surface area contributed by atoms with Crippen molar-refractivity contribution < 1.29 is 0 Å². The van der Waals surface area contributed by atoms with Gasteiger partial charge in [-0.25, -0.2) is 4.99 Å². The zero-order valence-electron chi connectivity index (χ0n) is 12.1. The van der Waals surface area contributed by atoms with Crippen molar-refractivity contribution >= 4 is 28.9 Å². The van der Waals surface area contributed by atoms with E-state index in [0.29, 0.717) is 5.92 Å². The first kappa shape index (κ1) is 14.0. The Hall–Kier alpha value is -1.91. The number of thiophene rings is 1. The van der Waals surface area contributed by atoms with E-state index in [1.165, 1.54) is 11.9 Å². The van der Waals surface area contributed by atoms with Crippen molar-refractivity contribution in [1.29, 1.82) is 0 Å². The summed E-state index contributed by atoms with van der Waals surface area (Å²) in [7, 11) is 2.16. The van der Waals surface area contributed by atoms with Crippen molar-refractivity contribution in [2.45, 2.75) is 5.92 Å². The fourth-order valence-corrected chi connectivity index (χ4v) is 3.54. The van der Waals surface area contributed by atoms with Gasteiger partial charge in [0.15, 0.2) is 0 Å². The van der Waals surface area contributed by atoms with Crippen LogP contribution >= 0.6 is 11.3 Å². The van der Waals surface area contributed by atoms with Gasteiger partial charge in [-0.05, 0) is 35.2 Å². The van der Waals surface area contributed by atoms with Gasteiger partial charge in [-0.15, -0.1) is 11.3 Å². The Morgan fingerprint density at radius 1 is 1.33 bits per heavy atom. The van der Waals surface area contributed by atoms with Gasteiger partial charge in [-0.2, -0.15) is 0 Å². The molecule has 1 fully saturated rings. The lowest BCUT2D eigenvalue weighted by atomic mass is 9.90. The number of hydrogen-bond acceptors (Lipinski definition) is 3. The molecule has 2 N–H and O–H groups in total. The smallest absolute Gasteiger partial charge is 0.0860 e. The highest BCUT2D eigenvalue weighted by Gasteiger charge is 2.24. The molecule has 1 aromatic carbocycles. The van der Waals surface area contributed by atoms with Crippen LogP contribution in [0.4, 0.5) is 5.69 Å². The minimum absolute atomic E-state index is 0.677. The first-order valence-corrected chi connectivity index (χ1v) is 7.87. The van der Waals surface area contributed by atoms with Crippen molar-refractivity contribution in [3.05, 3.63) is 58.3 Å². The zero-order chi connectivity index (χ0) is 14.8. The van der Waals surface area contributed by atoms with Crippen LogP contribution in [-0.2, 0) is 0 Å². The Morgan fingerprint density at radius 3 is 2.67 bits per heavy atom. The molecule has 0 spiro atoms. The molecule has 2 aromatic rings. The normalized spacial score (nSPS) is 16.2. The van der Waals surface area contributed by atoms with Gasteiger partial charge < -0.3 is 10.6 Å². The van der Waals surface area contributed by atoms with E-state index in [9.17, 15) is 0 Å². The third kappa shape index (κ3) is 2.77. The molecule has 0 unspecified atom stereocenters. The average Bonchev–Trinajstić information content (AvgIpc) is 2.92. The molecule has 0 saturated carbocycles. The number of rotatable bonds is 4. The Balaban J connectivity index is 1.80. The van der Waals surface area contributed by atoms with E-state index < -0.39 is 0 Å². The van der Waals surface area contributed by atoms with Gasteiger partial charge in [0.1, 0.15) is 0 Å². The average molecular weight is 297 g/mol. The zero-order valence-corrected chi connectivity index (χ0v) is 12.9. The quantitative estimate of drug-likeness (QED) is 0.693. The summed E-state index contributed by atoms with van der Waals surface area (Å²) in [6.07, 6.45) is 1.33. The van der Waals surface area contributed by atoms with Gasteiger partial charge in [-0.3, -0.25) is 0 Å². The number of nitrogens with zero attached hydrogens (tertiary/aromatic N) is 2. The van der Waals surface area contributed by atoms with Crippen molar-refractivity contribution in [3.8, 4) is 0 Å². The molecule has 0 radical (unpaired) electrons. The fourth-order valence-electron chi connectivity index (χ4n) is 2.71. The molecular weight excluding hydrogens is 278 g/mol. The molecular formula is C17H19N3S. The van der Waals surface area contributed by atoms with Gasteiger partial charge in [-0.1, -0.05) is 30.8 Å². The summed E-state index contributed by atoms with van der Waals surface area (Å²) in [5, 5.41) is 2.02. The molecule has 21 heavy (non-hydrogen) atoms. The molecule has 0 aliphatic carbocycles. The molecule has 1 saturated heterocycles. The maximum atomic E-state index is 5.39. The van der Waals surface area contributed by atoms with Crippen molar-refractivity contribution in [2.75, 3.05) is 20.1 Å². The Labute approximate surface area is 129 Å². The molecule has 1 aromatic heterocycles. The van der Waals surface area contributed by atoms with Crippen LogP contribution < -0.4 is 5.73 Å². The van der Waals surface area contributed by atoms with Gasteiger partial charge in [0.2, 0.25) is 0 Å². The predicted octanol–water partition coefficient (Wildman–Crippen LogP) is 3.46. The lowest BCUT2D eigenvalue weighted by Crippen LogP contribution is -2.41. The van der Waals surface area contributed by atoms with Crippen LogP contribution in [-0.4, -0.2) is 31.4 Å². The third-order valence-corrected chi connectivity index (χ3v) is 4.89. The van der Waals surface area contributed by atoms with E-state index in [4.69, 9.17) is 5.73 Å². The highest BCUT2D eigenvalue weighted by Crippen LogP contribution is 2.35. The largest absolute Gasteiger partial charge is 0.390 e. The maximum absolute atomic E-state index is 5.39. The standard InChI is InChI=1S/C17H19N3S/c1-12(17-16(19-11-18)7-8-21-17)13-3-5-14(6-4-13)15-9-20(2)10-15/h3-8,11,15H,1,9-10H2,2H3,(H2,18,19). The van der Waals surface area contributed by atoms with Gasteiger partial charge in [0.05, 0.1) is 16.9 Å². The first-order chi connectivity index (χ1) is 10.2. The molecule has 0 amide bonds. The predicted molar refractivity (Wildman–Crippen MR) is 91.5 cm³/mol. The summed E-state index contributed by atoms with van der Waals surface area (Å²) in [6, 6.07) is 10.7. The van der Waals surface area contributed by atoms with Crippen molar-refractivity contribution in [1.82, 2.24) is 4.90 Å². The second-order valence-electron chi connectivity index (χ2n) is 5.43. The minimum atomic E-state index is 0.677. The van der Waals surface area contributed by atoms with Gasteiger partial charge in [0, 0.05) is 19.0 Å². The Bertz CT molecular complexity index is 664. The van der Waals surface area contributed by atoms with E-state index in [2.05, 4.69) is 47.8 Å². The van der Waals surface area contributed by atoms with Crippen LogP contribution in [0, 0.1) is 0 Å². The van der Waals surface area contributed by atoms with Crippen molar-refractivity contribution in [3.63, 3.8) is 0 Å². The number of likely N-dealkylation sites (tertiary alicyclic amines) is 1. The lowest BCUT2D eigenvalue weighted by molar-refractivity contribution is 0.190. The maximum Gasteiger partial charge on any atom is 0.0860 e. The topological polar surface area (TPSA) is 41.6 Å². The van der Waals surface area contributed by atoms with Crippen LogP contribution in [0.2, 0.25) is 0 Å². The Kier molecular flexibility index (Phi) is 3.90. The Morgan fingerprint density at radius 2 is 2.05 bits per heavy atom. The molecule has 0 atom stereocenters. The van der Waals surface area contributed by atoms with E-state index in [0.717, 1.165) is 34.8 Å². The summed E-state index contributed by atoms with van der Waals surface area (Å²) in [6.45, 7) is 6.53. The second-order valence-corrected chi connectivity index (χ2v) is 6.35. The van der Waals surface area contributed by atoms with Crippen molar-refractivity contribution in [2.24, 2.45) is 10.7 Å². The van der Waals surface area contributed by atoms with Crippen LogP contribution in [0.5, 0.6) is 0 Å². The monoisotopic (exact) mass is 297 g/mol. The summed E-state index contributed by atoms with van der Waals surface area (Å²) < 4.78 is 0. The molecule has 1 aliphatic rings. The lowest BCUT2D eigenvalue weighted by Gasteiger charge is -2.36. The fraction of sp³-hybridized carbons (Fsp3) is 0.235. The SMILES string of the molecule is C=C(c1ccc(C2CN(C)C2)cc1)c1sccc1/N=C\N. The van der Waals surface area contributed by atoms with Gasteiger partial charge >= 0.3 is 0 Å². The van der Waals surface area contributed by atoms with E-state index in [1.807, 2.05) is 11.4 Å². The number of aliphatic imine (C=N–C) groups is 1. The number of benzene rings is 1. The molecule has 1 aliphatic heterocycles. The molecule has 2 heterocycles. The summed E-state index contributed by atoms with van der Waals surface area (Å²) in [5.41, 5.74) is 9.84. The molecule has 3 nitrogen and oxygen atoms in total. The second kappa shape index (κ2) is 5.84. The van der Waals surface area contributed by atoms with E-state index >= 15 is 0 Å². The number of likely N-dealkylation sites (N-methyl/N-ethyl adjacent to an activating group) is 1. The highest BCUT2D eigenvalue weighted by molar-refractivity contribution is 7.11. The van der Waals surface area contributed by atoms with Gasteiger partial charge in [0.25, 0.3) is 0 Å². The molecule has 3 rings (SSSR count). The van der Waals surface area contributed by atoms with Crippen LogP contribution in [0.25, 0.3) is 5.57 Å². The third-order valence-electron chi connectivity index (χ3n) is 3.93. The van der Waals surface area contributed by atoms with E-state index in [1.54, 1.807) is 11.3 Å². The number of nitrogens with two attached hydrogens (primary N) is 1. The summed E-state index contributed by atoms with van der Waals surface area (Å²) >= 11 is 1.64. The summed E-state index contributed by atoms with van der Waals surface area (Å²) in [5.74, 6) is 0.677. The van der Waals surface area contributed by atoms with Crippen LogP contribution in [0.3, 0.4) is 0 Å². The highest BCUT2D eigenvalue weighted by atomic mass is 32.1. The van der Waals surface area contributed by atoms with E-state index in [-0.39, 0.29) is 0 Å². The number of hydrogen-bond donors (Lipinski definition) is 1. The molecule has 108 valence electrons. The van der Waals surface area contributed by atoms with Crippen LogP contribution in [0.15, 0.2) is 47.3 Å². The molecule has 4 heteroatoms.